The molecule has 196 valence electrons. The van der Waals surface area contributed by atoms with Crippen molar-refractivity contribution in [3.8, 4) is 0 Å². The second-order valence-electron chi connectivity index (χ2n) is 10.9. The summed E-state index contributed by atoms with van der Waals surface area (Å²) >= 11 is 0. The highest BCUT2D eigenvalue weighted by Crippen LogP contribution is 2.44. The Labute approximate surface area is 213 Å². The van der Waals surface area contributed by atoms with Crippen molar-refractivity contribution >= 4 is 11.9 Å². The Kier molecular flexibility index (Phi) is 8.33. The van der Waals surface area contributed by atoms with Gasteiger partial charge in [-0.3, -0.25) is 4.79 Å². The zero-order chi connectivity index (χ0) is 25.9. The summed E-state index contributed by atoms with van der Waals surface area (Å²) in [5, 5.41) is 20.5. The quantitative estimate of drug-likeness (QED) is 0.525. The van der Waals surface area contributed by atoms with Crippen LogP contribution in [0.3, 0.4) is 0 Å². The number of cyclic esters (lactones) is 1. The zero-order valence-corrected chi connectivity index (χ0v) is 21.3. The minimum atomic E-state index is -1.15. The molecule has 1 heterocycles. The molecule has 1 saturated heterocycles. The predicted octanol–water partition coefficient (Wildman–Crippen LogP) is 3.87. The standard InChI is InChI=1S/C29H38O7/c1-18-9-10-20-13-21(30)15-25(27(20)24(18)12-11-23-14-22(31)16-26(32)35-23)36-28(33)29(2,3)34-17-19-7-5-4-6-8-19/h4-10,13,18,21-25,27,30-31H,11-12,14-17H2,1-3H3/t18?,21?,22-,23-,24?,25?,27?/m1/s1. The monoisotopic (exact) mass is 498 g/mol. The molecule has 0 aromatic heterocycles. The fourth-order valence-corrected chi connectivity index (χ4v) is 5.58. The highest BCUT2D eigenvalue weighted by atomic mass is 16.6. The number of esters is 2. The Morgan fingerprint density at radius 2 is 1.89 bits per heavy atom. The molecule has 1 aromatic carbocycles. The maximum atomic E-state index is 13.2. The van der Waals surface area contributed by atoms with Gasteiger partial charge < -0.3 is 24.4 Å². The van der Waals surface area contributed by atoms with Gasteiger partial charge in [0.2, 0.25) is 0 Å². The highest BCUT2D eigenvalue weighted by molar-refractivity contribution is 5.78. The molecule has 3 aliphatic rings. The second kappa shape index (κ2) is 11.3. The molecule has 0 radical (unpaired) electrons. The summed E-state index contributed by atoms with van der Waals surface area (Å²) in [4.78, 5) is 25.0. The average molecular weight is 499 g/mol. The molecular weight excluding hydrogens is 460 g/mol. The van der Waals surface area contributed by atoms with Crippen molar-refractivity contribution in [2.45, 2.75) is 89.5 Å². The van der Waals surface area contributed by atoms with E-state index in [1.807, 2.05) is 42.5 Å². The number of hydrogen-bond donors (Lipinski definition) is 2. The van der Waals surface area contributed by atoms with Crippen LogP contribution in [-0.4, -0.2) is 52.2 Å². The molecule has 36 heavy (non-hydrogen) atoms. The molecule has 2 N–H and O–H groups in total. The second-order valence-corrected chi connectivity index (χ2v) is 10.9. The number of carbonyl (C=O) groups excluding carboxylic acids is 2. The number of aliphatic hydroxyl groups is 2. The van der Waals surface area contributed by atoms with Gasteiger partial charge in [-0.05, 0) is 49.7 Å². The molecule has 0 bridgehead atoms. The largest absolute Gasteiger partial charge is 0.462 e. The van der Waals surface area contributed by atoms with Crippen LogP contribution in [0.5, 0.6) is 0 Å². The third kappa shape index (κ3) is 6.44. The van der Waals surface area contributed by atoms with E-state index in [1.165, 1.54) is 0 Å². The lowest BCUT2D eigenvalue weighted by molar-refractivity contribution is -0.180. The van der Waals surface area contributed by atoms with Gasteiger partial charge >= 0.3 is 11.9 Å². The molecule has 1 aromatic rings. The molecule has 7 atom stereocenters. The lowest BCUT2D eigenvalue weighted by atomic mass is 9.66. The number of fused-ring (bicyclic) bond motifs is 1. The van der Waals surface area contributed by atoms with Gasteiger partial charge in [0.1, 0.15) is 12.2 Å². The third-order valence-corrected chi connectivity index (χ3v) is 7.62. The first-order valence-corrected chi connectivity index (χ1v) is 13.0. The number of benzene rings is 1. The van der Waals surface area contributed by atoms with Gasteiger partial charge in [-0.25, -0.2) is 4.79 Å². The normalized spacial score (nSPS) is 32.3. The lowest BCUT2D eigenvalue weighted by Gasteiger charge is -2.43. The van der Waals surface area contributed by atoms with Gasteiger partial charge in [0.15, 0.2) is 5.60 Å². The van der Waals surface area contributed by atoms with Crippen LogP contribution in [0.25, 0.3) is 0 Å². The van der Waals surface area contributed by atoms with Crippen LogP contribution < -0.4 is 0 Å². The van der Waals surface area contributed by atoms with Gasteiger partial charge in [-0.1, -0.05) is 55.5 Å². The summed E-state index contributed by atoms with van der Waals surface area (Å²) in [6.45, 7) is 5.84. The van der Waals surface area contributed by atoms with E-state index in [4.69, 9.17) is 14.2 Å². The Morgan fingerprint density at radius 3 is 2.61 bits per heavy atom. The summed E-state index contributed by atoms with van der Waals surface area (Å²) in [7, 11) is 0. The Morgan fingerprint density at radius 1 is 1.14 bits per heavy atom. The summed E-state index contributed by atoms with van der Waals surface area (Å²) in [5.74, 6) is -0.539. The van der Waals surface area contributed by atoms with E-state index >= 15 is 0 Å². The third-order valence-electron chi connectivity index (χ3n) is 7.62. The van der Waals surface area contributed by atoms with Crippen molar-refractivity contribution in [3.05, 3.63) is 59.7 Å². The van der Waals surface area contributed by atoms with E-state index in [0.717, 1.165) is 17.6 Å². The van der Waals surface area contributed by atoms with Crippen LogP contribution in [0.4, 0.5) is 0 Å². The molecule has 0 saturated carbocycles. The van der Waals surface area contributed by atoms with Crippen LogP contribution >= 0.6 is 0 Å². The van der Waals surface area contributed by atoms with E-state index in [2.05, 4.69) is 13.0 Å². The summed E-state index contributed by atoms with van der Waals surface area (Å²) in [6.07, 6.45) is 6.02. The Balaban J connectivity index is 1.45. The first-order chi connectivity index (χ1) is 17.1. The van der Waals surface area contributed by atoms with Crippen molar-refractivity contribution in [2.24, 2.45) is 17.8 Å². The van der Waals surface area contributed by atoms with Crippen LogP contribution in [0, 0.1) is 17.8 Å². The number of ether oxygens (including phenoxy) is 3. The van der Waals surface area contributed by atoms with Crippen molar-refractivity contribution in [3.63, 3.8) is 0 Å². The number of hydrogen-bond acceptors (Lipinski definition) is 7. The summed E-state index contributed by atoms with van der Waals surface area (Å²) in [6, 6.07) is 9.67. The molecule has 2 aliphatic carbocycles. The fourth-order valence-electron chi connectivity index (χ4n) is 5.58. The van der Waals surface area contributed by atoms with Crippen LogP contribution in [0.1, 0.15) is 58.4 Å². The average Bonchev–Trinajstić information content (AvgIpc) is 2.82. The lowest BCUT2D eigenvalue weighted by Crippen LogP contribution is -2.46. The molecule has 7 heteroatoms. The van der Waals surface area contributed by atoms with Gasteiger partial charge in [-0.15, -0.1) is 0 Å². The number of carbonyl (C=O) groups is 2. The van der Waals surface area contributed by atoms with Gasteiger partial charge in [-0.2, -0.15) is 0 Å². The van der Waals surface area contributed by atoms with E-state index in [-0.39, 0.29) is 36.2 Å². The van der Waals surface area contributed by atoms with Gasteiger partial charge in [0.25, 0.3) is 0 Å². The fraction of sp³-hybridized carbons (Fsp3) is 0.586. The zero-order valence-electron chi connectivity index (χ0n) is 21.3. The summed E-state index contributed by atoms with van der Waals surface area (Å²) < 4.78 is 17.5. The summed E-state index contributed by atoms with van der Waals surface area (Å²) in [5.41, 5.74) is 0.787. The molecule has 5 unspecified atom stereocenters. The Hall–Kier alpha value is -2.48. The number of aliphatic hydroxyl groups excluding tert-OH is 2. The topological polar surface area (TPSA) is 102 Å². The first kappa shape index (κ1) is 26.6. The maximum absolute atomic E-state index is 13.2. The van der Waals surface area contributed by atoms with Gasteiger partial charge in [0, 0.05) is 18.8 Å². The first-order valence-electron chi connectivity index (χ1n) is 13.0. The van der Waals surface area contributed by atoms with Crippen molar-refractivity contribution in [1.82, 2.24) is 0 Å². The number of rotatable bonds is 8. The van der Waals surface area contributed by atoms with Crippen LogP contribution in [0.15, 0.2) is 54.1 Å². The predicted molar refractivity (Wildman–Crippen MR) is 134 cm³/mol. The highest BCUT2D eigenvalue weighted by Gasteiger charge is 2.44. The maximum Gasteiger partial charge on any atom is 0.338 e. The molecule has 0 spiro atoms. The van der Waals surface area contributed by atoms with Crippen molar-refractivity contribution < 1.29 is 34.0 Å². The SMILES string of the molecule is CC1C=CC2=CC(O)CC(OC(=O)C(C)(C)OCc3ccccc3)C2C1CC[C@@H]1C[C@@H](O)CC(=O)O1. The molecular formula is C29H38O7. The molecule has 1 fully saturated rings. The van der Waals surface area contributed by atoms with E-state index in [9.17, 15) is 19.8 Å². The minimum Gasteiger partial charge on any atom is -0.462 e. The van der Waals surface area contributed by atoms with E-state index in [1.54, 1.807) is 13.8 Å². The van der Waals surface area contributed by atoms with Crippen LogP contribution in [-0.2, 0) is 30.4 Å². The Bertz CT molecular complexity index is 983. The molecule has 1 aliphatic heterocycles. The molecule has 7 nitrogen and oxygen atoms in total. The van der Waals surface area contributed by atoms with Crippen molar-refractivity contribution in [2.75, 3.05) is 0 Å². The van der Waals surface area contributed by atoms with E-state index < -0.39 is 29.9 Å². The minimum absolute atomic E-state index is 0.0482. The van der Waals surface area contributed by atoms with Gasteiger partial charge in [0.05, 0.1) is 25.2 Å². The molecule has 4 rings (SSSR count). The smallest absolute Gasteiger partial charge is 0.338 e. The van der Waals surface area contributed by atoms with Crippen LogP contribution in [0.2, 0.25) is 0 Å². The molecule has 0 amide bonds. The van der Waals surface area contributed by atoms with Crippen molar-refractivity contribution in [1.29, 1.82) is 0 Å². The number of allylic oxidation sites excluding steroid dienone is 2. The van der Waals surface area contributed by atoms with E-state index in [0.29, 0.717) is 25.9 Å².